The molecule has 1 aliphatic rings. The Labute approximate surface area is 171 Å². The summed E-state index contributed by atoms with van der Waals surface area (Å²) in [6.07, 6.45) is 7.72. The van der Waals surface area contributed by atoms with Crippen molar-refractivity contribution in [3.8, 4) is 5.75 Å². The van der Waals surface area contributed by atoms with Gasteiger partial charge in [-0.1, -0.05) is 25.3 Å². The number of carbonyl (C=O) groups is 1. The number of esters is 1. The fourth-order valence-electron chi connectivity index (χ4n) is 3.34. The number of H-pyrrole nitrogens is 1. The zero-order valence-corrected chi connectivity index (χ0v) is 16.8. The summed E-state index contributed by atoms with van der Waals surface area (Å²) >= 11 is 6.70. The number of carbonyl (C=O) groups excluding carboxylic acids is 1. The third-order valence-electron chi connectivity index (χ3n) is 4.78. The highest BCUT2D eigenvalue weighted by molar-refractivity contribution is 7.71. The molecule has 1 aliphatic carbocycles. The molecular formula is C20H20N4O2S2. The molecular weight excluding hydrogens is 392 g/mol. The van der Waals surface area contributed by atoms with E-state index in [9.17, 15) is 4.79 Å². The molecule has 0 spiro atoms. The number of aromatic amines is 1. The van der Waals surface area contributed by atoms with Crippen LogP contribution in [-0.2, 0) is 0 Å². The average molecular weight is 413 g/mol. The van der Waals surface area contributed by atoms with Crippen LogP contribution >= 0.6 is 23.6 Å². The Kier molecular flexibility index (Phi) is 5.78. The van der Waals surface area contributed by atoms with Crippen LogP contribution in [0.2, 0.25) is 0 Å². The minimum absolute atomic E-state index is 0.349. The molecule has 2 aromatic heterocycles. The number of nitrogens with zero attached hydrogens (tertiary/aromatic N) is 3. The lowest BCUT2D eigenvalue weighted by molar-refractivity contribution is 0.0740. The van der Waals surface area contributed by atoms with Crippen LogP contribution < -0.4 is 4.74 Å². The van der Waals surface area contributed by atoms with E-state index < -0.39 is 0 Å². The lowest BCUT2D eigenvalue weighted by atomic mass is 9.89. The number of benzene rings is 1. The van der Waals surface area contributed by atoms with Crippen LogP contribution in [0.1, 0.15) is 59.1 Å². The predicted molar refractivity (Wildman–Crippen MR) is 112 cm³/mol. The van der Waals surface area contributed by atoms with E-state index in [0.29, 0.717) is 21.3 Å². The molecule has 0 saturated heterocycles. The first kappa shape index (κ1) is 18.8. The van der Waals surface area contributed by atoms with E-state index in [1.807, 2.05) is 23.6 Å². The minimum atomic E-state index is -0.349. The molecule has 2 heterocycles. The van der Waals surface area contributed by atoms with Gasteiger partial charge in [0, 0.05) is 5.92 Å². The molecule has 0 atom stereocenters. The number of nitrogens with one attached hydrogen (secondary N) is 1. The molecule has 1 aromatic carbocycles. The molecule has 0 unspecified atom stereocenters. The van der Waals surface area contributed by atoms with Crippen LogP contribution in [0.15, 0.2) is 46.9 Å². The van der Waals surface area contributed by atoms with Gasteiger partial charge in [-0.05, 0) is 66.3 Å². The first-order chi connectivity index (χ1) is 13.7. The molecule has 0 aliphatic heterocycles. The van der Waals surface area contributed by atoms with Gasteiger partial charge in [0.15, 0.2) is 5.82 Å². The summed E-state index contributed by atoms with van der Waals surface area (Å²) in [5.41, 5.74) is 0.883. The van der Waals surface area contributed by atoms with Gasteiger partial charge in [-0.3, -0.25) is 5.10 Å². The molecule has 1 N–H and O–H groups in total. The van der Waals surface area contributed by atoms with Crippen molar-refractivity contribution in [3.05, 3.63) is 62.8 Å². The minimum Gasteiger partial charge on any atom is -0.422 e. The Morgan fingerprint density at radius 2 is 2.04 bits per heavy atom. The standard InChI is InChI=1S/C20H20N4O2S2/c25-19(17-7-4-12-28-17)26-16-10-8-14(9-11-16)13-21-24-18(22-23-20(24)27)15-5-2-1-3-6-15/h4,7-13,15H,1-3,5-6H2,(H,23,27)/b21-13-. The number of hydrogen-bond acceptors (Lipinski definition) is 6. The summed E-state index contributed by atoms with van der Waals surface area (Å²) in [4.78, 5) is 12.6. The van der Waals surface area contributed by atoms with E-state index in [1.54, 1.807) is 29.1 Å². The van der Waals surface area contributed by atoms with Crippen molar-refractivity contribution >= 4 is 35.7 Å². The zero-order valence-electron chi connectivity index (χ0n) is 15.2. The Balaban J connectivity index is 1.46. The summed E-state index contributed by atoms with van der Waals surface area (Å²) in [6.45, 7) is 0. The Morgan fingerprint density at radius 1 is 1.25 bits per heavy atom. The van der Waals surface area contributed by atoms with Gasteiger partial charge < -0.3 is 4.74 Å². The first-order valence-corrected chi connectivity index (χ1v) is 10.6. The van der Waals surface area contributed by atoms with Crippen LogP contribution in [0.4, 0.5) is 0 Å². The monoisotopic (exact) mass is 412 g/mol. The van der Waals surface area contributed by atoms with E-state index in [4.69, 9.17) is 17.0 Å². The number of aromatic nitrogens is 3. The fourth-order valence-corrected chi connectivity index (χ4v) is 4.12. The van der Waals surface area contributed by atoms with Crippen molar-refractivity contribution in [1.82, 2.24) is 14.9 Å². The second kappa shape index (κ2) is 8.62. The first-order valence-electron chi connectivity index (χ1n) is 9.28. The summed E-state index contributed by atoms with van der Waals surface area (Å²) in [7, 11) is 0. The van der Waals surface area contributed by atoms with Crippen molar-refractivity contribution < 1.29 is 9.53 Å². The maximum absolute atomic E-state index is 12.0. The maximum atomic E-state index is 12.0. The zero-order chi connectivity index (χ0) is 19.3. The number of ether oxygens (including phenoxy) is 1. The summed E-state index contributed by atoms with van der Waals surface area (Å²) < 4.78 is 7.59. The van der Waals surface area contributed by atoms with Gasteiger partial charge in [0.25, 0.3) is 0 Å². The van der Waals surface area contributed by atoms with Crippen molar-refractivity contribution in [1.29, 1.82) is 0 Å². The van der Waals surface area contributed by atoms with Crippen LogP contribution in [-0.4, -0.2) is 27.1 Å². The second-order valence-corrected chi connectivity index (χ2v) is 8.05. The number of rotatable bonds is 5. The topological polar surface area (TPSA) is 72.3 Å². The Morgan fingerprint density at radius 3 is 2.75 bits per heavy atom. The molecule has 1 fully saturated rings. The van der Waals surface area contributed by atoms with E-state index >= 15 is 0 Å². The molecule has 0 bridgehead atoms. The van der Waals surface area contributed by atoms with Gasteiger partial charge >= 0.3 is 5.97 Å². The van der Waals surface area contributed by atoms with Gasteiger partial charge in [0.2, 0.25) is 4.77 Å². The van der Waals surface area contributed by atoms with E-state index in [-0.39, 0.29) is 5.97 Å². The SMILES string of the molecule is O=C(Oc1ccc(/C=N\n2c(C3CCCCC3)n[nH]c2=S)cc1)c1cccs1. The summed E-state index contributed by atoms with van der Waals surface area (Å²) in [5, 5.41) is 13.6. The van der Waals surface area contributed by atoms with Gasteiger partial charge in [-0.25, -0.2) is 4.79 Å². The van der Waals surface area contributed by atoms with E-state index in [2.05, 4.69) is 15.3 Å². The summed E-state index contributed by atoms with van der Waals surface area (Å²) in [6, 6.07) is 10.8. The third kappa shape index (κ3) is 4.28. The highest BCUT2D eigenvalue weighted by atomic mass is 32.1. The van der Waals surface area contributed by atoms with Crippen molar-refractivity contribution in [2.45, 2.75) is 38.0 Å². The van der Waals surface area contributed by atoms with Gasteiger partial charge in [-0.2, -0.15) is 14.9 Å². The normalized spacial score (nSPS) is 15.1. The molecule has 1 saturated carbocycles. The van der Waals surface area contributed by atoms with Crippen LogP contribution in [0, 0.1) is 4.77 Å². The summed E-state index contributed by atoms with van der Waals surface area (Å²) in [5.74, 6) is 1.46. The van der Waals surface area contributed by atoms with Gasteiger partial charge in [0.05, 0.1) is 6.21 Å². The molecule has 144 valence electrons. The quantitative estimate of drug-likeness (QED) is 0.272. The van der Waals surface area contributed by atoms with Gasteiger partial charge in [-0.15, -0.1) is 11.3 Å². The van der Waals surface area contributed by atoms with Gasteiger partial charge in [0.1, 0.15) is 10.6 Å². The molecule has 0 radical (unpaired) electrons. The predicted octanol–water partition coefficient (Wildman–Crippen LogP) is 5.15. The number of hydrogen-bond donors (Lipinski definition) is 1. The molecule has 8 heteroatoms. The highest BCUT2D eigenvalue weighted by Crippen LogP contribution is 2.31. The molecule has 28 heavy (non-hydrogen) atoms. The second-order valence-electron chi connectivity index (χ2n) is 6.71. The van der Waals surface area contributed by atoms with Crippen LogP contribution in [0.25, 0.3) is 0 Å². The third-order valence-corrected chi connectivity index (χ3v) is 5.90. The van der Waals surface area contributed by atoms with Crippen LogP contribution in [0.5, 0.6) is 5.75 Å². The van der Waals surface area contributed by atoms with Crippen LogP contribution in [0.3, 0.4) is 0 Å². The van der Waals surface area contributed by atoms with Crippen molar-refractivity contribution in [2.24, 2.45) is 5.10 Å². The van der Waals surface area contributed by atoms with E-state index in [1.165, 1.54) is 30.6 Å². The molecule has 4 rings (SSSR count). The maximum Gasteiger partial charge on any atom is 0.353 e. The number of thiophene rings is 1. The molecule has 0 amide bonds. The highest BCUT2D eigenvalue weighted by Gasteiger charge is 2.21. The molecule has 6 nitrogen and oxygen atoms in total. The van der Waals surface area contributed by atoms with Crippen molar-refractivity contribution in [3.63, 3.8) is 0 Å². The fraction of sp³-hybridized carbons (Fsp3) is 0.300. The largest absolute Gasteiger partial charge is 0.422 e. The lowest BCUT2D eigenvalue weighted by Crippen LogP contribution is -2.10. The van der Waals surface area contributed by atoms with Crippen molar-refractivity contribution in [2.75, 3.05) is 0 Å². The lowest BCUT2D eigenvalue weighted by Gasteiger charge is -2.19. The Hall–Kier alpha value is -2.58. The average Bonchev–Trinajstić information content (AvgIpc) is 3.38. The smallest absolute Gasteiger partial charge is 0.353 e. The van der Waals surface area contributed by atoms with E-state index in [0.717, 1.165) is 24.2 Å². The Bertz CT molecular complexity index is 1010. The molecule has 3 aromatic rings.